The van der Waals surface area contributed by atoms with E-state index in [0.717, 1.165) is 36.6 Å². The highest BCUT2D eigenvalue weighted by Gasteiger charge is 2.25. The standard InChI is InChI=1S/C16H25ClN2O/c1-11(2)18-9-13-14(17)5-4-6-15(13)19-8-7-16(20)12(3)10-19/h4-6,11-12,16,18,20H,7-10H2,1-3H3. The Balaban J connectivity index is 2.20. The number of hydrogen-bond acceptors (Lipinski definition) is 3. The van der Waals surface area contributed by atoms with Crippen molar-refractivity contribution in [2.75, 3.05) is 18.0 Å². The zero-order valence-electron chi connectivity index (χ0n) is 12.6. The molecule has 3 nitrogen and oxygen atoms in total. The Morgan fingerprint density at radius 2 is 2.20 bits per heavy atom. The van der Waals surface area contributed by atoms with Crippen molar-refractivity contribution in [2.45, 2.75) is 45.9 Å². The molecule has 2 rings (SSSR count). The molecule has 1 aromatic carbocycles. The van der Waals surface area contributed by atoms with E-state index >= 15 is 0 Å². The van der Waals surface area contributed by atoms with Crippen molar-refractivity contribution in [3.8, 4) is 0 Å². The fourth-order valence-electron chi connectivity index (χ4n) is 2.68. The van der Waals surface area contributed by atoms with Crippen LogP contribution in [0.25, 0.3) is 0 Å². The second-order valence-electron chi connectivity index (χ2n) is 6.05. The maximum Gasteiger partial charge on any atom is 0.0599 e. The topological polar surface area (TPSA) is 35.5 Å². The van der Waals surface area contributed by atoms with Gasteiger partial charge >= 0.3 is 0 Å². The maximum absolute atomic E-state index is 9.88. The van der Waals surface area contributed by atoms with Gasteiger partial charge in [-0.3, -0.25) is 0 Å². The number of rotatable bonds is 4. The largest absolute Gasteiger partial charge is 0.393 e. The summed E-state index contributed by atoms with van der Waals surface area (Å²) in [5.41, 5.74) is 2.36. The van der Waals surface area contributed by atoms with Crippen LogP contribution in [0.1, 0.15) is 32.8 Å². The summed E-state index contributed by atoms with van der Waals surface area (Å²) in [7, 11) is 0. The van der Waals surface area contributed by atoms with Gasteiger partial charge in [-0.2, -0.15) is 0 Å². The van der Waals surface area contributed by atoms with Crippen molar-refractivity contribution < 1.29 is 5.11 Å². The molecule has 2 unspecified atom stereocenters. The summed E-state index contributed by atoms with van der Waals surface area (Å²) >= 11 is 6.38. The molecule has 4 heteroatoms. The van der Waals surface area contributed by atoms with Gasteiger partial charge in [0.05, 0.1) is 6.10 Å². The van der Waals surface area contributed by atoms with Crippen LogP contribution < -0.4 is 10.2 Å². The van der Waals surface area contributed by atoms with Gasteiger partial charge in [0, 0.05) is 41.9 Å². The summed E-state index contributed by atoms with van der Waals surface area (Å²) in [6.07, 6.45) is 0.646. The van der Waals surface area contributed by atoms with Gasteiger partial charge in [-0.15, -0.1) is 0 Å². The summed E-state index contributed by atoms with van der Waals surface area (Å²) in [4.78, 5) is 2.35. The normalized spacial score (nSPS) is 23.4. The lowest BCUT2D eigenvalue weighted by Crippen LogP contribution is -2.42. The Bertz CT molecular complexity index is 450. The average molecular weight is 297 g/mol. The van der Waals surface area contributed by atoms with Crippen molar-refractivity contribution in [3.63, 3.8) is 0 Å². The molecular formula is C16H25ClN2O. The highest BCUT2D eigenvalue weighted by atomic mass is 35.5. The number of aliphatic hydroxyl groups is 1. The monoisotopic (exact) mass is 296 g/mol. The van der Waals surface area contributed by atoms with E-state index in [9.17, 15) is 5.11 Å². The van der Waals surface area contributed by atoms with Crippen molar-refractivity contribution in [3.05, 3.63) is 28.8 Å². The Hall–Kier alpha value is -0.770. The van der Waals surface area contributed by atoms with Crippen LogP contribution in [0.5, 0.6) is 0 Å². The molecule has 1 aliphatic rings. The van der Waals surface area contributed by atoms with Crippen LogP contribution in [-0.2, 0) is 6.54 Å². The summed E-state index contributed by atoms with van der Waals surface area (Å²) in [6.45, 7) is 8.93. The van der Waals surface area contributed by atoms with Crippen LogP contribution in [0, 0.1) is 5.92 Å². The molecule has 112 valence electrons. The Morgan fingerprint density at radius 1 is 1.45 bits per heavy atom. The molecule has 1 aromatic rings. The lowest BCUT2D eigenvalue weighted by atomic mass is 9.95. The first-order valence-corrected chi connectivity index (χ1v) is 7.80. The van der Waals surface area contributed by atoms with Gasteiger partial charge < -0.3 is 15.3 Å². The van der Waals surface area contributed by atoms with Gasteiger partial charge in [0.2, 0.25) is 0 Å². The molecule has 1 fully saturated rings. The van der Waals surface area contributed by atoms with Gasteiger partial charge in [-0.25, -0.2) is 0 Å². The number of nitrogens with zero attached hydrogens (tertiary/aromatic N) is 1. The molecule has 20 heavy (non-hydrogen) atoms. The van der Waals surface area contributed by atoms with Gasteiger partial charge in [-0.05, 0) is 24.5 Å². The summed E-state index contributed by atoms with van der Waals surface area (Å²) in [5.74, 6) is 0.300. The van der Waals surface area contributed by atoms with Crippen molar-refractivity contribution in [1.82, 2.24) is 5.32 Å². The molecule has 0 spiro atoms. The van der Waals surface area contributed by atoms with E-state index in [4.69, 9.17) is 11.6 Å². The van der Waals surface area contributed by atoms with Crippen molar-refractivity contribution in [2.24, 2.45) is 5.92 Å². The van der Waals surface area contributed by atoms with Gasteiger partial charge in [0.25, 0.3) is 0 Å². The zero-order chi connectivity index (χ0) is 14.7. The van der Waals surface area contributed by atoms with E-state index in [2.05, 4.69) is 37.1 Å². The summed E-state index contributed by atoms with van der Waals surface area (Å²) < 4.78 is 0. The van der Waals surface area contributed by atoms with Gasteiger partial charge in [0.15, 0.2) is 0 Å². The Morgan fingerprint density at radius 3 is 2.85 bits per heavy atom. The molecule has 1 aliphatic heterocycles. The highest BCUT2D eigenvalue weighted by molar-refractivity contribution is 6.31. The van der Waals surface area contributed by atoms with Gasteiger partial charge in [-0.1, -0.05) is 38.4 Å². The number of anilines is 1. The van der Waals surface area contributed by atoms with E-state index in [1.165, 1.54) is 5.69 Å². The fraction of sp³-hybridized carbons (Fsp3) is 0.625. The molecule has 0 aromatic heterocycles. The summed E-state index contributed by atoms with van der Waals surface area (Å²) in [6, 6.07) is 6.52. The molecule has 0 aliphatic carbocycles. The Labute approximate surface area is 126 Å². The van der Waals surface area contributed by atoms with E-state index in [1.807, 2.05) is 12.1 Å². The quantitative estimate of drug-likeness (QED) is 0.896. The summed E-state index contributed by atoms with van der Waals surface area (Å²) in [5, 5.41) is 14.1. The molecule has 0 radical (unpaired) electrons. The van der Waals surface area contributed by atoms with E-state index in [-0.39, 0.29) is 6.10 Å². The highest BCUT2D eigenvalue weighted by Crippen LogP contribution is 2.31. The molecular weight excluding hydrogens is 272 g/mol. The van der Waals surface area contributed by atoms with Crippen LogP contribution in [0.15, 0.2) is 18.2 Å². The molecule has 0 bridgehead atoms. The number of halogens is 1. The molecule has 1 saturated heterocycles. The number of nitrogens with one attached hydrogen (secondary N) is 1. The minimum absolute atomic E-state index is 0.178. The minimum atomic E-state index is -0.178. The second-order valence-corrected chi connectivity index (χ2v) is 6.46. The van der Waals surface area contributed by atoms with Crippen LogP contribution in [0.4, 0.5) is 5.69 Å². The third-order valence-corrected chi connectivity index (χ3v) is 4.34. The van der Waals surface area contributed by atoms with Crippen LogP contribution in [0.2, 0.25) is 5.02 Å². The second kappa shape index (κ2) is 6.79. The first-order valence-electron chi connectivity index (χ1n) is 7.42. The average Bonchev–Trinajstić information content (AvgIpc) is 2.40. The molecule has 2 N–H and O–H groups in total. The number of piperidine rings is 1. The lowest BCUT2D eigenvalue weighted by Gasteiger charge is -2.37. The van der Waals surface area contributed by atoms with Crippen molar-refractivity contribution in [1.29, 1.82) is 0 Å². The van der Waals surface area contributed by atoms with Crippen LogP contribution in [-0.4, -0.2) is 30.3 Å². The molecule has 0 saturated carbocycles. The SMILES string of the molecule is CC(C)NCc1c(Cl)cccc1N1CCC(O)C(C)C1. The molecule has 2 atom stereocenters. The van der Waals surface area contributed by atoms with E-state index in [1.54, 1.807) is 0 Å². The van der Waals surface area contributed by atoms with Crippen molar-refractivity contribution >= 4 is 17.3 Å². The van der Waals surface area contributed by atoms with E-state index in [0.29, 0.717) is 12.0 Å². The Kier molecular flexibility index (Phi) is 5.30. The zero-order valence-corrected chi connectivity index (χ0v) is 13.3. The van der Waals surface area contributed by atoms with Crippen LogP contribution in [0.3, 0.4) is 0 Å². The number of aliphatic hydroxyl groups excluding tert-OH is 1. The number of benzene rings is 1. The van der Waals surface area contributed by atoms with Gasteiger partial charge in [0.1, 0.15) is 0 Å². The predicted octanol–water partition coefficient (Wildman–Crippen LogP) is 3.05. The first-order chi connectivity index (χ1) is 9.49. The smallest absolute Gasteiger partial charge is 0.0599 e. The minimum Gasteiger partial charge on any atom is -0.393 e. The third kappa shape index (κ3) is 3.66. The molecule has 0 amide bonds. The predicted molar refractivity (Wildman–Crippen MR) is 85.4 cm³/mol. The molecule has 1 heterocycles. The third-order valence-electron chi connectivity index (χ3n) is 3.98. The maximum atomic E-state index is 9.88. The lowest BCUT2D eigenvalue weighted by molar-refractivity contribution is 0.0970. The number of hydrogen-bond donors (Lipinski definition) is 2. The fourth-order valence-corrected chi connectivity index (χ4v) is 2.91. The first kappa shape index (κ1) is 15.6. The van der Waals surface area contributed by atoms with Crippen LogP contribution >= 0.6 is 11.6 Å². The van der Waals surface area contributed by atoms with E-state index < -0.39 is 0 Å².